The SMILES string of the molecule is CNc1c(Cl)cc(C(=O)N2CC3CCC2C3)cc1[N+](=O)[O-]. The van der Waals surface area contributed by atoms with E-state index in [1.54, 1.807) is 7.05 Å². The van der Waals surface area contributed by atoms with Crippen molar-refractivity contribution in [3.05, 3.63) is 32.8 Å². The molecule has 1 aromatic rings. The third kappa shape index (κ3) is 2.33. The summed E-state index contributed by atoms with van der Waals surface area (Å²) in [6.07, 6.45) is 3.25. The van der Waals surface area contributed by atoms with Crippen molar-refractivity contribution in [3.63, 3.8) is 0 Å². The van der Waals surface area contributed by atoms with Crippen molar-refractivity contribution < 1.29 is 9.72 Å². The molecule has 2 fully saturated rings. The number of rotatable bonds is 3. The fraction of sp³-hybridized carbons (Fsp3) is 0.500. The van der Waals surface area contributed by atoms with Gasteiger partial charge in [0.05, 0.1) is 9.95 Å². The lowest BCUT2D eigenvalue weighted by molar-refractivity contribution is -0.384. The summed E-state index contributed by atoms with van der Waals surface area (Å²) >= 11 is 6.07. The van der Waals surface area contributed by atoms with Crippen LogP contribution in [0.1, 0.15) is 29.6 Å². The summed E-state index contributed by atoms with van der Waals surface area (Å²) in [5.74, 6) is 0.427. The molecule has 1 amide bonds. The number of hydrogen-bond donors (Lipinski definition) is 1. The highest BCUT2D eigenvalue weighted by atomic mass is 35.5. The smallest absolute Gasteiger partial charge is 0.294 e. The first kappa shape index (κ1) is 14.1. The standard InChI is InChI=1S/C14H16ClN3O3/c1-16-13-11(15)5-9(6-12(13)18(20)21)14(19)17-7-8-2-3-10(17)4-8/h5-6,8,10,16H,2-4,7H2,1H3. The minimum Gasteiger partial charge on any atom is -0.381 e. The van der Waals surface area contributed by atoms with E-state index in [0.29, 0.717) is 11.5 Å². The molecular weight excluding hydrogens is 294 g/mol. The molecule has 2 bridgehead atoms. The Kier molecular flexibility index (Phi) is 3.49. The van der Waals surface area contributed by atoms with Gasteiger partial charge in [-0.25, -0.2) is 0 Å². The summed E-state index contributed by atoms with van der Waals surface area (Å²) in [7, 11) is 1.56. The minimum atomic E-state index is -0.523. The van der Waals surface area contributed by atoms with E-state index in [4.69, 9.17) is 11.6 Å². The lowest BCUT2D eigenvalue weighted by Gasteiger charge is -2.27. The number of nitro benzene ring substituents is 1. The van der Waals surface area contributed by atoms with Gasteiger partial charge in [0.2, 0.25) is 0 Å². The lowest BCUT2D eigenvalue weighted by atomic mass is 10.1. The minimum absolute atomic E-state index is 0.158. The highest BCUT2D eigenvalue weighted by Gasteiger charge is 2.40. The first-order valence-electron chi connectivity index (χ1n) is 6.98. The Labute approximate surface area is 127 Å². The van der Waals surface area contributed by atoms with E-state index in [1.165, 1.54) is 18.6 Å². The molecule has 7 heteroatoms. The highest BCUT2D eigenvalue weighted by molar-refractivity contribution is 6.34. The van der Waals surface area contributed by atoms with Gasteiger partial charge in [-0.3, -0.25) is 14.9 Å². The van der Waals surface area contributed by atoms with E-state index in [2.05, 4.69) is 5.32 Å². The molecule has 2 unspecified atom stereocenters. The van der Waals surface area contributed by atoms with Gasteiger partial charge in [0.25, 0.3) is 11.6 Å². The Morgan fingerprint density at radius 3 is 2.76 bits per heavy atom. The van der Waals surface area contributed by atoms with Gasteiger partial charge in [-0.15, -0.1) is 0 Å². The van der Waals surface area contributed by atoms with Gasteiger partial charge in [0.15, 0.2) is 0 Å². The van der Waals surface area contributed by atoms with Gasteiger partial charge < -0.3 is 10.2 Å². The Morgan fingerprint density at radius 1 is 1.48 bits per heavy atom. The summed E-state index contributed by atoms with van der Waals surface area (Å²) in [6, 6.07) is 3.10. The van der Waals surface area contributed by atoms with E-state index >= 15 is 0 Å². The first-order chi connectivity index (χ1) is 10.0. The second-order valence-corrected chi connectivity index (χ2v) is 6.06. The second kappa shape index (κ2) is 5.18. The van der Waals surface area contributed by atoms with Crippen molar-refractivity contribution in [1.82, 2.24) is 4.90 Å². The zero-order valence-electron chi connectivity index (χ0n) is 11.6. The molecule has 1 aliphatic carbocycles. The Hall–Kier alpha value is -1.82. The van der Waals surface area contributed by atoms with Gasteiger partial charge in [-0.05, 0) is 31.2 Å². The Balaban J connectivity index is 1.95. The summed E-state index contributed by atoms with van der Waals surface area (Å²) in [6.45, 7) is 0.753. The number of anilines is 1. The fourth-order valence-corrected chi connectivity index (χ4v) is 3.76. The van der Waals surface area contributed by atoms with Crippen molar-refractivity contribution in [1.29, 1.82) is 0 Å². The van der Waals surface area contributed by atoms with Crippen LogP contribution in [0.5, 0.6) is 0 Å². The lowest BCUT2D eigenvalue weighted by Crippen LogP contribution is -2.37. The molecule has 1 saturated heterocycles. The molecule has 1 heterocycles. The number of piperidine rings is 1. The zero-order valence-corrected chi connectivity index (χ0v) is 12.4. The quantitative estimate of drug-likeness (QED) is 0.688. The van der Waals surface area contributed by atoms with E-state index in [-0.39, 0.29) is 28.3 Å². The number of halogens is 1. The molecule has 1 saturated carbocycles. The molecular formula is C14H16ClN3O3. The van der Waals surface area contributed by atoms with E-state index in [1.807, 2.05) is 4.90 Å². The summed E-state index contributed by atoms with van der Waals surface area (Å²) in [5.41, 5.74) is 0.358. The largest absolute Gasteiger partial charge is 0.381 e. The van der Waals surface area contributed by atoms with E-state index in [9.17, 15) is 14.9 Å². The number of amides is 1. The molecule has 112 valence electrons. The maximum absolute atomic E-state index is 12.6. The molecule has 0 radical (unpaired) electrons. The molecule has 6 nitrogen and oxygen atoms in total. The molecule has 2 aliphatic rings. The number of nitro groups is 1. The van der Waals surface area contributed by atoms with Crippen LogP contribution in [0.4, 0.5) is 11.4 Å². The summed E-state index contributed by atoms with van der Waals surface area (Å²) < 4.78 is 0. The number of likely N-dealkylation sites (tertiary alicyclic amines) is 1. The molecule has 1 aromatic carbocycles. The Morgan fingerprint density at radius 2 is 2.24 bits per heavy atom. The third-order valence-electron chi connectivity index (χ3n) is 4.43. The van der Waals surface area contributed by atoms with E-state index < -0.39 is 4.92 Å². The van der Waals surface area contributed by atoms with Gasteiger partial charge in [-0.2, -0.15) is 0 Å². The predicted octanol–water partition coefficient (Wildman–Crippen LogP) is 2.91. The van der Waals surface area contributed by atoms with Crippen molar-refractivity contribution >= 4 is 28.9 Å². The van der Waals surface area contributed by atoms with Gasteiger partial charge in [-0.1, -0.05) is 11.6 Å². The van der Waals surface area contributed by atoms with Crippen LogP contribution in [-0.2, 0) is 0 Å². The van der Waals surface area contributed by atoms with Gasteiger partial charge >= 0.3 is 0 Å². The topological polar surface area (TPSA) is 75.5 Å². The van der Waals surface area contributed by atoms with Crippen molar-refractivity contribution in [2.45, 2.75) is 25.3 Å². The van der Waals surface area contributed by atoms with Crippen LogP contribution in [0, 0.1) is 16.0 Å². The van der Waals surface area contributed by atoms with E-state index in [0.717, 1.165) is 19.4 Å². The first-order valence-corrected chi connectivity index (χ1v) is 7.35. The second-order valence-electron chi connectivity index (χ2n) is 5.65. The number of fused-ring (bicyclic) bond motifs is 2. The number of nitrogens with one attached hydrogen (secondary N) is 1. The molecule has 1 N–H and O–H groups in total. The van der Waals surface area contributed by atoms with Crippen LogP contribution in [0.25, 0.3) is 0 Å². The van der Waals surface area contributed by atoms with Crippen molar-refractivity contribution in [2.24, 2.45) is 5.92 Å². The van der Waals surface area contributed by atoms with Crippen LogP contribution in [0.15, 0.2) is 12.1 Å². The molecule has 1 aliphatic heterocycles. The van der Waals surface area contributed by atoms with Crippen molar-refractivity contribution in [3.8, 4) is 0 Å². The monoisotopic (exact) mass is 309 g/mol. The molecule has 3 rings (SSSR count). The van der Waals surface area contributed by atoms with Crippen LogP contribution in [0.2, 0.25) is 5.02 Å². The number of benzene rings is 1. The van der Waals surface area contributed by atoms with Crippen LogP contribution in [0.3, 0.4) is 0 Å². The zero-order chi connectivity index (χ0) is 15.1. The Bertz CT molecular complexity index is 620. The van der Waals surface area contributed by atoms with Crippen LogP contribution >= 0.6 is 11.6 Å². The third-order valence-corrected chi connectivity index (χ3v) is 4.73. The molecule has 21 heavy (non-hydrogen) atoms. The number of hydrogen-bond acceptors (Lipinski definition) is 4. The average Bonchev–Trinajstić information content (AvgIpc) is 3.08. The van der Waals surface area contributed by atoms with Crippen LogP contribution < -0.4 is 5.32 Å². The highest BCUT2D eigenvalue weighted by Crippen LogP contribution is 2.39. The molecule has 2 atom stereocenters. The maximum atomic E-state index is 12.6. The van der Waals surface area contributed by atoms with Crippen LogP contribution in [-0.4, -0.2) is 35.4 Å². The number of nitrogens with zero attached hydrogens (tertiary/aromatic N) is 2. The fourth-order valence-electron chi connectivity index (χ4n) is 3.45. The number of carbonyl (C=O) groups excluding carboxylic acids is 1. The summed E-state index contributed by atoms with van der Waals surface area (Å²) in [4.78, 5) is 25.0. The molecule has 0 spiro atoms. The van der Waals surface area contributed by atoms with Gasteiger partial charge in [0, 0.05) is 31.3 Å². The summed E-state index contributed by atoms with van der Waals surface area (Å²) in [5, 5.41) is 14.0. The average molecular weight is 310 g/mol. The maximum Gasteiger partial charge on any atom is 0.294 e. The number of carbonyl (C=O) groups is 1. The van der Waals surface area contributed by atoms with Gasteiger partial charge in [0.1, 0.15) is 5.69 Å². The normalized spacial score (nSPS) is 23.4. The predicted molar refractivity (Wildman–Crippen MR) is 79.8 cm³/mol. The molecule has 0 aromatic heterocycles. The van der Waals surface area contributed by atoms with Crippen molar-refractivity contribution in [2.75, 3.05) is 18.9 Å².